The Bertz CT molecular complexity index is 447. The Balaban J connectivity index is 2.25. The summed E-state index contributed by atoms with van der Waals surface area (Å²) in [5.74, 6) is 3.16. The lowest BCUT2D eigenvalue weighted by atomic mass is 9.90. The maximum atomic E-state index is 5.52. The van der Waals surface area contributed by atoms with Crippen molar-refractivity contribution < 1.29 is 9.47 Å². The Hall–Kier alpha value is -1.44. The lowest BCUT2D eigenvalue weighted by molar-refractivity contribution is 0.391. The highest BCUT2D eigenvalue weighted by Gasteiger charge is 2.44. The smallest absolute Gasteiger partial charge is 0.123 e. The molecule has 2 heteroatoms. The monoisotopic (exact) mass is 230 g/mol. The van der Waals surface area contributed by atoms with Crippen LogP contribution in [0.15, 0.2) is 23.8 Å². The summed E-state index contributed by atoms with van der Waals surface area (Å²) in [6.07, 6.45) is 4.78. The molecule has 0 heterocycles. The zero-order valence-electron chi connectivity index (χ0n) is 10.6. The van der Waals surface area contributed by atoms with Crippen LogP contribution in [0, 0.1) is 0 Å². The van der Waals surface area contributed by atoms with E-state index in [1.807, 2.05) is 12.1 Å². The van der Waals surface area contributed by atoms with Gasteiger partial charge in [-0.2, -0.15) is 0 Å². The van der Waals surface area contributed by atoms with E-state index in [9.17, 15) is 0 Å². The lowest BCUT2D eigenvalue weighted by Crippen LogP contribution is -2.03. The number of ether oxygens (including phenoxy) is 2. The highest BCUT2D eigenvalue weighted by atomic mass is 16.5. The molecule has 0 spiro atoms. The van der Waals surface area contributed by atoms with Gasteiger partial charge in [-0.05, 0) is 31.9 Å². The van der Waals surface area contributed by atoms with Gasteiger partial charge in [0, 0.05) is 23.0 Å². The van der Waals surface area contributed by atoms with E-state index in [0.717, 1.165) is 11.5 Å². The van der Waals surface area contributed by atoms with Gasteiger partial charge in [-0.3, -0.25) is 0 Å². The van der Waals surface area contributed by atoms with Crippen molar-refractivity contribution in [3.05, 3.63) is 34.9 Å². The Morgan fingerprint density at radius 3 is 1.82 bits per heavy atom. The minimum absolute atomic E-state index is 0.560. The molecule has 2 aliphatic rings. The Morgan fingerprint density at radius 1 is 1.00 bits per heavy atom. The van der Waals surface area contributed by atoms with Gasteiger partial charge < -0.3 is 9.47 Å². The summed E-state index contributed by atoms with van der Waals surface area (Å²) in [4.78, 5) is 0. The predicted molar refractivity (Wildman–Crippen MR) is 68.0 cm³/mol. The third kappa shape index (κ3) is 1.27. The molecule has 0 saturated heterocycles. The van der Waals surface area contributed by atoms with Gasteiger partial charge in [-0.1, -0.05) is 11.6 Å². The predicted octanol–water partition coefficient (Wildman–Crippen LogP) is 3.62. The molecule has 1 fully saturated rings. The van der Waals surface area contributed by atoms with Crippen LogP contribution in [0.1, 0.15) is 42.7 Å². The topological polar surface area (TPSA) is 18.5 Å². The third-order valence-electron chi connectivity index (χ3n) is 4.23. The fourth-order valence-electron chi connectivity index (χ4n) is 3.61. The van der Waals surface area contributed by atoms with E-state index in [1.165, 1.54) is 24.0 Å². The summed E-state index contributed by atoms with van der Waals surface area (Å²) in [6, 6.07) is 4.07. The van der Waals surface area contributed by atoms with E-state index in [4.69, 9.17) is 9.47 Å². The minimum atomic E-state index is 0.560. The maximum absolute atomic E-state index is 5.52. The summed E-state index contributed by atoms with van der Waals surface area (Å²) < 4.78 is 11.0. The minimum Gasteiger partial charge on any atom is -0.496 e. The van der Waals surface area contributed by atoms with Gasteiger partial charge in [-0.15, -0.1) is 0 Å². The van der Waals surface area contributed by atoms with Crippen LogP contribution in [0.25, 0.3) is 0 Å². The van der Waals surface area contributed by atoms with Crippen molar-refractivity contribution >= 4 is 0 Å². The molecular formula is C15H18O2. The maximum Gasteiger partial charge on any atom is 0.123 e. The Labute approximate surface area is 102 Å². The number of rotatable bonds is 2. The molecule has 2 atom stereocenters. The fraction of sp³-hybridized carbons (Fsp3) is 0.467. The molecule has 0 aromatic heterocycles. The van der Waals surface area contributed by atoms with Gasteiger partial charge >= 0.3 is 0 Å². The number of hydrogen-bond acceptors (Lipinski definition) is 2. The molecule has 2 aliphatic carbocycles. The van der Waals surface area contributed by atoms with E-state index >= 15 is 0 Å². The van der Waals surface area contributed by atoms with Gasteiger partial charge in [0.25, 0.3) is 0 Å². The summed E-state index contributed by atoms with van der Waals surface area (Å²) in [5.41, 5.74) is 4.30. The first-order chi connectivity index (χ1) is 8.31. The molecule has 0 aliphatic heterocycles. The van der Waals surface area contributed by atoms with Crippen molar-refractivity contribution in [2.75, 3.05) is 14.2 Å². The molecule has 17 heavy (non-hydrogen) atoms. The van der Waals surface area contributed by atoms with Crippen LogP contribution in [-0.2, 0) is 0 Å². The average molecular weight is 230 g/mol. The molecule has 0 amide bonds. The van der Waals surface area contributed by atoms with Crippen molar-refractivity contribution in [1.29, 1.82) is 0 Å². The first-order valence-electron chi connectivity index (χ1n) is 6.22. The molecule has 1 aromatic carbocycles. The van der Waals surface area contributed by atoms with Crippen LogP contribution in [0.5, 0.6) is 11.5 Å². The van der Waals surface area contributed by atoms with Gasteiger partial charge in [0.05, 0.1) is 14.2 Å². The number of fused-ring (bicyclic) bond motifs is 5. The normalized spacial score (nSPS) is 27.4. The zero-order chi connectivity index (χ0) is 12.0. The first-order valence-corrected chi connectivity index (χ1v) is 6.22. The number of hydrogen-bond donors (Lipinski definition) is 0. The first kappa shape index (κ1) is 10.7. The third-order valence-corrected chi connectivity index (χ3v) is 4.23. The zero-order valence-corrected chi connectivity index (χ0v) is 10.6. The molecule has 2 bridgehead atoms. The van der Waals surface area contributed by atoms with E-state index < -0.39 is 0 Å². The molecule has 90 valence electrons. The van der Waals surface area contributed by atoms with Crippen LogP contribution < -0.4 is 9.47 Å². The molecule has 2 nitrogen and oxygen atoms in total. The molecule has 3 rings (SSSR count). The van der Waals surface area contributed by atoms with E-state index in [-0.39, 0.29) is 0 Å². The molecule has 0 radical (unpaired) electrons. The Kier molecular flexibility index (Phi) is 2.39. The van der Waals surface area contributed by atoms with Gasteiger partial charge in [0.2, 0.25) is 0 Å². The summed E-state index contributed by atoms with van der Waals surface area (Å²) >= 11 is 0. The van der Waals surface area contributed by atoms with Crippen LogP contribution in [0.4, 0.5) is 0 Å². The second kappa shape index (κ2) is 3.80. The number of allylic oxidation sites excluding steroid dienone is 2. The second-order valence-electron chi connectivity index (χ2n) is 4.77. The summed E-state index contributed by atoms with van der Waals surface area (Å²) in [7, 11) is 3.51. The van der Waals surface area contributed by atoms with Crippen LogP contribution in [0.2, 0.25) is 0 Å². The fourth-order valence-corrected chi connectivity index (χ4v) is 3.61. The molecule has 0 unspecified atom stereocenters. The summed E-state index contributed by atoms with van der Waals surface area (Å²) in [5, 5.41) is 0. The summed E-state index contributed by atoms with van der Waals surface area (Å²) in [6.45, 7) is 2.14. The van der Waals surface area contributed by atoms with Crippen molar-refractivity contribution in [2.45, 2.75) is 31.6 Å². The van der Waals surface area contributed by atoms with Crippen LogP contribution in [0.3, 0.4) is 0 Å². The van der Waals surface area contributed by atoms with Gasteiger partial charge in [-0.25, -0.2) is 0 Å². The van der Waals surface area contributed by atoms with Crippen LogP contribution >= 0.6 is 0 Å². The lowest BCUT2D eigenvalue weighted by Gasteiger charge is -2.20. The highest BCUT2D eigenvalue weighted by Crippen LogP contribution is 2.61. The van der Waals surface area contributed by atoms with Crippen molar-refractivity contribution in [3.8, 4) is 11.5 Å². The van der Waals surface area contributed by atoms with Gasteiger partial charge in [0.15, 0.2) is 0 Å². The highest BCUT2D eigenvalue weighted by molar-refractivity contribution is 5.63. The van der Waals surface area contributed by atoms with Crippen molar-refractivity contribution in [3.63, 3.8) is 0 Å². The number of methoxy groups -OCH3 is 2. The molecular weight excluding hydrogens is 212 g/mol. The van der Waals surface area contributed by atoms with Crippen molar-refractivity contribution in [2.24, 2.45) is 0 Å². The molecule has 1 saturated carbocycles. The largest absolute Gasteiger partial charge is 0.496 e. The van der Waals surface area contributed by atoms with Gasteiger partial charge in [0.1, 0.15) is 11.5 Å². The SMILES string of the molecule is CC=C1[C@H]2CC[C@@H]1c1c(OC)ccc(OC)c12. The standard InChI is InChI=1S/C15H18O2/c1-4-9-10-5-6-11(9)15-13(17-3)8-7-12(16-2)14(10)15/h4,7-8,10-11H,5-6H2,1-3H3/t10-,11+. The average Bonchev–Trinajstić information content (AvgIpc) is 2.93. The molecule has 0 N–H and O–H groups in total. The number of benzene rings is 1. The Morgan fingerprint density at radius 2 is 1.47 bits per heavy atom. The van der Waals surface area contributed by atoms with E-state index in [2.05, 4.69) is 13.0 Å². The van der Waals surface area contributed by atoms with E-state index in [1.54, 1.807) is 19.8 Å². The van der Waals surface area contributed by atoms with Crippen molar-refractivity contribution in [1.82, 2.24) is 0 Å². The van der Waals surface area contributed by atoms with Crippen LogP contribution in [-0.4, -0.2) is 14.2 Å². The quantitative estimate of drug-likeness (QED) is 0.722. The molecule has 1 aromatic rings. The second-order valence-corrected chi connectivity index (χ2v) is 4.77. The van der Waals surface area contributed by atoms with E-state index in [0.29, 0.717) is 11.8 Å².